The summed E-state index contributed by atoms with van der Waals surface area (Å²) in [6.45, 7) is 0.547. The van der Waals surface area contributed by atoms with Gasteiger partial charge in [-0.15, -0.1) is 0 Å². The van der Waals surface area contributed by atoms with E-state index in [9.17, 15) is 9.59 Å². The van der Waals surface area contributed by atoms with Crippen LogP contribution in [0.25, 0.3) is 22.4 Å². The second-order valence-electron chi connectivity index (χ2n) is 7.09. The third-order valence-electron chi connectivity index (χ3n) is 5.36. The molecule has 148 valence electrons. The Balaban J connectivity index is 1.59. The number of para-hydroxylation sites is 1. The molecule has 0 aliphatic carbocycles. The van der Waals surface area contributed by atoms with Gasteiger partial charge in [0.15, 0.2) is 5.76 Å². The van der Waals surface area contributed by atoms with Gasteiger partial charge < -0.3 is 14.1 Å². The monoisotopic (exact) mass is 398 g/mol. The Labute approximate surface area is 172 Å². The molecule has 5 rings (SSSR count). The van der Waals surface area contributed by atoms with Crippen LogP contribution in [0.2, 0.25) is 0 Å². The average Bonchev–Trinajstić information content (AvgIpc) is 3.47. The Morgan fingerprint density at radius 1 is 1.07 bits per heavy atom. The fourth-order valence-electron chi connectivity index (χ4n) is 3.91. The van der Waals surface area contributed by atoms with Crippen molar-refractivity contribution in [3.8, 4) is 11.5 Å². The first kappa shape index (κ1) is 18.1. The van der Waals surface area contributed by atoms with E-state index in [2.05, 4.69) is 4.98 Å². The number of aromatic nitrogens is 1. The normalized spacial score (nSPS) is 12.8. The van der Waals surface area contributed by atoms with E-state index in [1.807, 2.05) is 36.4 Å². The Morgan fingerprint density at radius 2 is 1.93 bits per heavy atom. The van der Waals surface area contributed by atoms with Gasteiger partial charge in [0.2, 0.25) is 0 Å². The number of nitrogens with zero attached hydrogens (tertiary/aromatic N) is 2. The molecule has 0 saturated carbocycles. The number of furan rings is 1. The molecule has 6 nitrogen and oxygen atoms in total. The minimum absolute atomic E-state index is 0.106. The molecule has 2 aromatic heterocycles. The van der Waals surface area contributed by atoms with Crippen molar-refractivity contribution >= 4 is 28.5 Å². The fraction of sp³-hybridized carbons (Fsp3) is 0.125. The smallest absolute Gasteiger partial charge is 0.337 e. The second kappa shape index (κ2) is 7.15. The number of rotatable bonds is 3. The molecule has 1 aliphatic heterocycles. The molecule has 2 aromatic carbocycles. The number of esters is 1. The van der Waals surface area contributed by atoms with E-state index < -0.39 is 0 Å². The number of anilines is 1. The summed E-state index contributed by atoms with van der Waals surface area (Å²) >= 11 is 0. The lowest BCUT2D eigenvalue weighted by Crippen LogP contribution is -2.29. The zero-order valence-electron chi connectivity index (χ0n) is 16.3. The fourth-order valence-corrected chi connectivity index (χ4v) is 3.91. The third kappa shape index (κ3) is 2.93. The van der Waals surface area contributed by atoms with Crippen LogP contribution >= 0.6 is 0 Å². The minimum atomic E-state index is -0.384. The summed E-state index contributed by atoms with van der Waals surface area (Å²) in [5, 5.41) is 0.789. The molecule has 0 spiro atoms. The molecule has 0 radical (unpaired) electrons. The van der Waals surface area contributed by atoms with Crippen LogP contribution in [0.5, 0.6) is 0 Å². The standard InChI is InChI=1S/C24H18N2O4/c1-29-24(28)16-8-9-21-15(13-16)10-11-26(21)23(27)18-14-20(22-7-4-12-30-22)25-19-6-3-2-5-17(18)19/h2-9,12-14H,10-11H2,1H3. The molecule has 1 amide bonds. The van der Waals surface area contributed by atoms with Crippen LogP contribution in [0.15, 0.2) is 71.3 Å². The zero-order valence-corrected chi connectivity index (χ0v) is 16.3. The van der Waals surface area contributed by atoms with Gasteiger partial charge in [0.05, 0.1) is 30.0 Å². The number of ether oxygens (including phenoxy) is 1. The van der Waals surface area contributed by atoms with E-state index in [1.165, 1.54) is 7.11 Å². The lowest BCUT2D eigenvalue weighted by molar-refractivity contribution is 0.0600. The van der Waals surface area contributed by atoms with Crippen LogP contribution in [0.4, 0.5) is 5.69 Å². The molecule has 3 heterocycles. The van der Waals surface area contributed by atoms with Crippen molar-refractivity contribution in [2.45, 2.75) is 6.42 Å². The van der Waals surface area contributed by atoms with Crippen LogP contribution in [0.1, 0.15) is 26.3 Å². The molecular weight excluding hydrogens is 380 g/mol. The minimum Gasteiger partial charge on any atom is -0.465 e. The molecule has 0 bridgehead atoms. The van der Waals surface area contributed by atoms with Crippen molar-refractivity contribution in [3.05, 3.63) is 83.6 Å². The SMILES string of the molecule is COC(=O)c1ccc2c(c1)CCN2C(=O)c1cc(-c2ccco2)nc2ccccc12. The summed E-state index contributed by atoms with van der Waals surface area (Å²) in [6.07, 6.45) is 2.27. The highest BCUT2D eigenvalue weighted by atomic mass is 16.5. The van der Waals surface area contributed by atoms with Crippen LogP contribution in [-0.4, -0.2) is 30.5 Å². The highest BCUT2D eigenvalue weighted by molar-refractivity contribution is 6.15. The van der Waals surface area contributed by atoms with E-state index in [0.717, 1.165) is 22.2 Å². The molecule has 0 saturated heterocycles. The van der Waals surface area contributed by atoms with Crippen molar-refractivity contribution < 1.29 is 18.7 Å². The third-order valence-corrected chi connectivity index (χ3v) is 5.36. The van der Waals surface area contributed by atoms with Gasteiger partial charge >= 0.3 is 5.97 Å². The van der Waals surface area contributed by atoms with Gasteiger partial charge in [0.1, 0.15) is 5.69 Å². The van der Waals surface area contributed by atoms with Crippen molar-refractivity contribution in [1.29, 1.82) is 0 Å². The predicted molar refractivity (Wildman–Crippen MR) is 113 cm³/mol. The van der Waals surface area contributed by atoms with Gasteiger partial charge in [0.25, 0.3) is 5.91 Å². The lowest BCUT2D eigenvalue weighted by atomic mass is 10.0. The van der Waals surface area contributed by atoms with E-state index in [-0.39, 0.29) is 11.9 Å². The van der Waals surface area contributed by atoms with Crippen LogP contribution < -0.4 is 4.90 Å². The first-order valence-corrected chi connectivity index (χ1v) is 9.62. The summed E-state index contributed by atoms with van der Waals surface area (Å²) in [6, 6.07) is 18.3. The highest BCUT2D eigenvalue weighted by Crippen LogP contribution is 2.33. The highest BCUT2D eigenvalue weighted by Gasteiger charge is 2.28. The molecular formula is C24H18N2O4. The summed E-state index contributed by atoms with van der Waals surface area (Å²) in [5.74, 6) is 0.121. The topological polar surface area (TPSA) is 72.6 Å². The first-order chi connectivity index (χ1) is 14.7. The number of hydrogen-bond acceptors (Lipinski definition) is 5. The molecule has 0 unspecified atom stereocenters. The largest absolute Gasteiger partial charge is 0.465 e. The number of carbonyl (C=O) groups excluding carboxylic acids is 2. The van der Waals surface area contributed by atoms with E-state index >= 15 is 0 Å². The predicted octanol–water partition coefficient (Wildman–Crippen LogP) is 4.48. The Kier molecular flexibility index (Phi) is 4.32. The van der Waals surface area contributed by atoms with Crippen molar-refractivity contribution in [2.24, 2.45) is 0 Å². The summed E-state index contributed by atoms with van der Waals surface area (Å²) in [5.41, 5.74) is 4.17. The molecule has 0 fully saturated rings. The molecule has 0 N–H and O–H groups in total. The average molecular weight is 398 g/mol. The zero-order chi connectivity index (χ0) is 20.7. The molecule has 30 heavy (non-hydrogen) atoms. The van der Waals surface area contributed by atoms with E-state index in [1.54, 1.807) is 35.4 Å². The number of methoxy groups -OCH3 is 1. The van der Waals surface area contributed by atoms with Crippen LogP contribution in [-0.2, 0) is 11.2 Å². The number of amides is 1. The van der Waals surface area contributed by atoms with E-state index in [0.29, 0.717) is 35.5 Å². The summed E-state index contributed by atoms with van der Waals surface area (Å²) < 4.78 is 10.3. The summed E-state index contributed by atoms with van der Waals surface area (Å²) in [4.78, 5) is 31.8. The van der Waals surface area contributed by atoms with Crippen molar-refractivity contribution in [3.63, 3.8) is 0 Å². The molecule has 6 heteroatoms. The van der Waals surface area contributed by atoms with Gasteiger partial charge in [0, 0.05) is 17.6 Å². The maximum absolute atomic E-state index is 13.6. The van der Waals surface area contributed by atoms with E-state index in [4.69, 9.17) is 9.15 Å². The second-order valence-corrected chi connectivity index (χ2v) is 7.09. The number of pyridine rings is 1. The van der Waals surface area contributed by atoms with Crippen LogP contribution in [0.3, 0.4) is 0 Å². The Bertz CT molecular complexity index is 1280. The maximum atomic E-state index is 13.6. The van der Waals surface area contributed by atoms with Crippen molar-refractivity contribution in [1.82, 2.24) is 4.98 Å². The van der Waals surface area contributed by atoms with Crippen molar-refractivity contribution in [2.75, 3.05) is 18.6 Å². The number of hydrogen-bond donors (Lipinski definition) is 0. The van der Waals surface area contributed by atoms with Gasteiger partial charge in [-0.2, -0.15) is 0 Å². The van der Waals surface area contributed by atoms with Gasteiger partial charge in [-0.3, -0.25) is 4.79 Å². The van der Waals surface area contributed by atoms with Crippen LogP contribution in [0, 0.1) is 0 Å². The molecule has 4 aromatic rings. The number of carbonyl (C=O) groups is 2. The Morgan fingerprint density at radius 3 is 2.73 bits per heavy atom. The van der Waals surface area contributed by atoms with Gasteiger partial charge in [-0.1, -0.05) is 18.2 Å². The molecule has 1 aliphatic rings. The lowest BCUT2D eigenvalue weighted by Gasteiger charge is -2.19. The Hall–Kier alpha value is -3.93. The first-order valence-electron chi connectivity index (χ1n) is 9.62. The summed E-state index contributed by atoms with van der Waals surface area (Å²) in [7, 11) is 1.36. The number of fused-ring (bicyclic) bond motifs is 2. The maximum Gasteiger partial charge on any atom is 0.337 e. The van der Waals surface area contributed by atoms with Gasteiger partial charge in [-0.05, 0) is 54.4 Å². The molecule has 0 atom stereocenters. The number of benzene rings is 2. The van der Waals surface area contributed by atoms with Gasteiger partial charge in [-0.25, -0.2) is 9.78 Å². The quantitative estimate of drug-likeness (QED) is 0.476.